The highest BCUT2D eigenvalue weighted by Gasteiger charge is 2.31. The minimum Gasteiger partial charge on any atom is -0.343 e. The van der Waals surface area contributed by atoms with Crippen molar-refractivity contribution in [2.24, 2.45) is 0 Å². The highest BCUT2D eigenvalue weighted by atomic mass is 16.2. The topological polar surface area (TPSA) is 49.4 Å². The van der Waals surface area contributed by atoms with Crippen molar-refractivity contribution in [3.8, 4) is 0 Å². The maximum atomic E-state index is 12.2. The van der Waals surface area contributed by atoms with Crippen LogP contribution >= 0.6 is 0 Å². The molecule has 102 valence electrons. The van der Waals surface area contributed by atoms with Gasteiger partial charge in [-0.2, -0.15) is 0 Å². The van der Waals surface area contributed by atoms with Gasteiger partial charge in [0.1, 0.15) is 6.04 Å². The lowest BCUT2D eigenvalue weighted by molar-refractivity contribution is -0.144. The number of amides is 2. The molecule has 1 aliphatic heterocycles. The van der Waals surface area contributed by atoms with Crippen LogP contribution in [0.3, 0.4) is 0 Å². The first-order valence-electron chi connectivity index (χ1n) is 6.66. The van der Waals surface area contributed by atoms with Crippen LogP contribution in [0.25, 0.3) is 0 Å². The molecule has 1 saturated heterocycles. The number of rotatable bonds is 3. The number of nitrogens with one attached hydrogen (secondary N) is 1. The van der Waals surface area contributed by atoms with Crippen LogP contribution in [-0.4, -0.2) is 29.3 Å². The monoisotopic (exact) mass is 260 g/mol. The Kier molecular flexibility index (Phi) is 3.88. The van der Waals surface area contributed by atoms with E-state index in [0.717, 1.165) is 16.7 Å². The Morgan fingerprint density at radius 2 is 1.89 bits per heavy atom. The Hall–Kier alpha value is -1.84. The first-order chi connectivity index (χ1) is 9.02. The third kappa shape index (κ3) is 2.78. The van der Waals surface area contributed by atoms with Gasteiger partial charge in [-0.1, -0.05) is 25.1 Å². The number of hydrogen-bond acceptors (Lipinski definition) is 2. The van der Waals surface area contributed by atoms with Crippen molar-refractivity contribution in [3.63, 3.8) is 0 Å². The predicted molar refractivity (Wildman–Crippen MR) is 73.6 cm³/mol. The van der Waals surface area contributed by atoms with E-state index in [9.17, 15) is 9.59 Å². The van der Waals surface area contributed by atoms with E-state index in [1.807, 2.05) is 39.0 Å². The van der Waals surface area contributed by atoms with Crippen molar-refractivity contribution in [2.45, 2.75) is 39.8 Å². The molecule has 1 aromatic carbocycles. The van der Waals surface area contributed by atoms with Crippen molar-refractivity contribution in [1.82, 2.24) is 10.2 Å². The molecule has 0 saturated carbocycles. The van der Waals surface area contributed by atoms with Gasteiger partial charge < -0.3 is 10.2 Å². The van der Waals surface area contributed by atoms with Crippen molar-refractivity contribution in [2.75, 3.05) is 6.54 Å². The van der Waals surface area contributed by atoms with E-state index < -0.39 is 0 Å². The number of benzene rings is 1. The average molecular weight is 260 g/mol. The minimum absolute atomic E-state index is 0.0183. The van der Waals surface area contributed by atoms with Gasteiger partial charge in [0.25, 0.3) is 0 Å². The van der Waals surface area contributed by atoms with Gasteiger partial charge in [-0.05, 0) is 37.0 Å². The summed E-state index contributed by atoms with van der Waals surface area (Å²) in [7, 11) is 0. The number of carbonyl (C=O) groups is 2. The van der Waals surface area contributed by atoms with Crippen LogP contribution in [0.4, 0.5) is 0 Å². The average Bonchev–Trinajstić information content (AvgIpc) is 2.37. The fourth-order valence-electron chi connectivity index (χ4n) is 2.47. The first kappa shape index (κ1) is 13.6. The van der Waals surface area contributed by atoms with Crippen LogP contribution in [0, 0.1) is 13.8 Å². The smallest absolute Gasteiger partial charge is 0.245 e. The van der Waals surface area contributed by atoms with Crippen LogP contribution in [0.5, 0.6) is 0 Å². The molecular formula is C15H20N2O2. The Morgan fingerprint density at radius 1 is 1.26 bits per heavy atom. The molecule has 1 aliphatic rings. The Bertz CT molecular complexity index is 491. The summed E-state index contributed by atoms with van der Waals surface area (Å²) in [4.78, 5) is 25.5. The lowest BCUT2D eigenvalue weighted by atomic mass is 10.0. The van der Waals surface area contributed by atoms with Gasteiger partial charge in [-0.25, -0.2) is 0 Å². The zero-order chi connectivity index (χ0) is 14.0. The summed E-state index contributed by atoms with van der Waals surface area (Å²) in [5, 5.41) is 2.73. The Labute approximate surface area is 113 Å². The zero-order valence-corrected chi connectivity index (χ0v) is 11.7. The third-order valence-corrected chi connectivity index (χ3v) is 3.68. The van der Waals surface area contributed by atoms with Crippen LogP contribution in [0.1, 0.15) is 30.0 Å². The predicted octanol–water partition coefficient (Wildman–Crippen LogP) is 1.54. The lowest BCUT2D eigenvalue weighted by Crippen LogP contribution is -2.57. The van der Waals surface area contributed by atoms with E-state index >= 15 is 0 Å². The van der Waals surface area contributed by atoms with Crippen LogP contribution in [0.2, 0.25) is 0 Å². The fraction of sp³-hybridized carbons (Fsp3) is 0.467. The molecule has 1 heterocycles. The molecule has 2 rings (SSSR count). The maximum Gasteiger partial charge on any atom is 0.245 e. The van der Waals surface area contributed by atoms with E-state index in [1.54, 1.807) is 4.90 Å². The summed E-state index contributed by atoms with van der Waals surface area (Å²) < 4.78 is 0. The van der Waals surface area contributed by atoms with Gasteiger partial charge in [0.15, 0.2) is 0 Å². The van der Waals surface area contributed by atoms with Gasteiger partial charge in [0.2, 0.25) is 11.8 Å². The van der Waals surface area contributed by atoms with Crippen molar-refractivity contribution in [3.05, 3.63) is 34.9 Å². The van der Waals surface area contributed by atoms with Gasteiger partial charge in [0, 0.05) is 6.54 Å². The summed E-state index contributed by atoms with van der Waals surface area (Å²) >= 11 is 0. The summed E-state index contributed by atoms with van der Waals surface area (Å²) in [6.45, 7) is 6.65. The summed E-state index contributed by atoms with van der Waals surface area (Å²) in [5.74, 6) is -0.0533. The molecule has 1 aromatic rings. The highest BCUT2D eigenvalue weighted by molar-refractivity contribution is 5.94. The molecule has 4 heteroatoms. The second-order valence-corrected chi connectivity index (χ2v) is 5.09. The SMILES string of the molecule is CCC1NC(=O)CN(Cc2c(C)cccc2C)C1=O. The maximum absolute atomic E-state index is 12.2. The van der Waals surface area contributed by atoms with Crippen LogP contribution in [-0.2, 0) is 16.1 Å². The summed E-state index contributed by atoms with van der Waals surface area (Å²) in [5.41, 5.74) is 3.46. The second-order valence-electron chi connectivity index (χ2n) is 5.09. The van der Waals surface area contributed by atoms with Gasteiger partial charge in [0.05, 0.1) is 6.54 Å². The quantitative estimate of drug-likeness (QED) is 0.896. The van der Waals surface area contributed by atoms with Crippen LogP contribution in [0.15, 0.2) is 18.2 Å². The molecule has 0 spiro atoms. The molecule has 19 heavy (non-hydrogen) atoms. The zero-order valence-electron chi connectivity index (χ0n) is 11.7. The standard InChI is InChI=1S/C15H20N2O2/c1-4-13-15(19)17(9-14(18)16-13)8-12-10(2)6-5-7-11(12)3/h5-7,13H,4,8-9H2,1-3H3,(H,16,18). The minimum atomic E-state index is -0.370. The molecular weight excluding hydrogens is 240 g/mol. The van der Waals surface area contributed by atoms with E-state index in [-0.39, 0.29) is 24.4 Å². The van der Waals surface area contributed by atoms with E-state index in [4.69, 9.17) is 0 Å². The van der Waals surface area contributed by atoms with Gasteiger partial charge >= 0.3 is 0 Å². The molecule has 1 atom stereocenters. The summed E-state index contributed by atoms with van der Waals surface area (Å²) in [6, 6.07) is 5.71. The van der Waals surface area contributed by atoms with E-state index in [2.05, 4.69) is 5.32 Å². The number of aryl methyl sites for hydroxylation is 2. The normalized spacial score (nSPS) is 19.5. The number of nitrogens with zero attached hydrogens (tertiary/aromatic N) is 1. The third-order valence-electron chi connectivity index (χ3n) is 3.68. The summed E-state index contributed by atoms with van der Waals surface area (Å²) in [6.07, 6.45) is 0.633. The van der Waals surface area contributed by atoms with E-state index in [0.29, 0.717) is 13.0 Å². The molecule has 0 aromatic heterocycles. The van der Waals surface area contributed by atoms with Gasteiger partial charge in [-0.15, -0.1) is 0 Å². The van der Waals surface area contributed by atoms with Crippen LogP contribution < -0.4 is 5.32 Å². The number of piperazine rings is 1. The molecule has 0 aliphatic carbocycles. The first-order valence-corrected chi connectivity index (χ1v) is 6.66. The van der Waals surface area contributed by atoms with Crippen molar-refractivity contribution in [1.29, 1.82) is 0 Å². The lowest BCUT2D eigenvalue weighted by Gasteiger charge is -2.32. The molecule has 2 amide bonds. The van der Waals surface area contributed by atoms with Gasteiger partial charge in [-0.3, -0.25) is 9.59 Å². The largest absolute Gasteiger partial charge is 0.343 e. The van der Waals surface area contributed by atoms with Crippen molar-refractivity contribution >= 4 is 11.8 Å². The highest BCUT2D eigenvalue weighted by Crippen LogP contribution is 2.17. The van der Waals surface area contributed by atoms with E-state index in [1.165, 1.54) is 0 Å². The Morgan fingerprint density at radius 3 is 2.47 bits per heavy atom. The molecule has 1 unspecified atom stereocenters. The molecule has 1 fully saturated rings. The Balaban J connectivity index is 2.22. The molecule has 1 N–H and O–H groups in total. The number of hydrogen-bond donors (Lipinski definition) is 1. The molecule has 4 nitrogen and oxygen atoms in total. The second kappa shape index (κ2) is 5.43. The molecule has 0 bridgehead atoms. The molecule has 0 radical (unpaired) electrons. The fourth-order valence-corrected chi connectivity index (χ4v) is 2.47. The van der Waals surface area contributed by atoms with Crippen molar-refractivity contribution < 1.29 is 9.59 Å². The number of carbonyl (C=O) groups excluding carboxylic acids is 2.